The molecule has 43 heavy (non-hydrogen) atoms. The van der Waals surface area contributed by atoms with Crippen LogP contribution in [0.2, 0.25) is 0 Å². The summed E-state index contributed by atoms with van der Waals surface area (Å²) in [4.78, 5) is 0. The van der Waals surface area contributed by atoms with Crippen LogP contribution in [0, 0.1) is 0 Å². The average Bonchev–Trinajstić information content (AvgIpc) is 3.72. The lowest BCUT2D eigenvalue weighted by Crippen LogP contribution is -1.96. The second kappa shape index (κ2) is 8.37. The highest BCUT2D eigenvalue weighted by Gasteiger charge is 2.24. The lowest BCUT2D eigenvalue weighted by molar-refractivity contribution is 0.673. The molecule has 0 radical (unpaired) electrons. The Morgan fingerprint density at radius 1 is 0.395 bits per heavy atom. The molecule has 0 saturated carbocycles. The summed E-state index contributed by atoms with van der Waals surface area (Å²) in [6.45, 7) is 0. The molecule has 10 rings (SSSR count). The van der Waals surface area contributed by atoms with Gasteiger partial charge in [0.2, 0.25) is 0 Å². The Morgan fingerprint density at radius 3 is 1.95 bits per heavy atom. The fraction of sp³-hybridized carbons (Fsp3) is 0. The summed E-state index contributed by atoms with van der Waals surface area (Å²) in [5.74, 6) is 0. The number of furan rings is 1. The van der Waals surface area contributed by atoms with Gasteiger partial charge in [0.15, 0.2) is 0 Å². The standard InChI is InChI=1S/C40H24N2O/c1-2-13-26(14-3-1)41-33-18-8-6-17-30(33)37-34(41)24-22-31-38-35(23-21-29-28-16-7-9-20-36(28)43-40(29)38)42(39(31)37)32-19-10-12-25-11-4-5-15-27(25)32/h1-24H. The van der Waals surface area contributed by atoms with Crippen LogP contribution in [0.1, 0.15) is 0 Å². The van der Waals surface area contributed by atoms with Crippen molar-refractivity contribution in [3.8, 4) is 11.4 Å². The topological polar surface area (TPSA) is 23.0 Å². The van der Waals surface area contributed by atoms with E-state index in [1.54, 1.807) is 0 Å². The van der Waals surface area contributed by atoms with E-state index in [1.807, 2.05) is 6.07 Å². The van der Waals surface area contributed by atoms with Crippen LogP contribution in [-0.4, -0.2) is 9.13 Å². The van der Waals surface area contributed by atoms with E-state index in [9.17, 15) is 0 Å². The third kappa shape index (κ3) is 2.98. The van der Waals surface area contributed by atoms with E-state index in [0.717, 1.165) is 44.2 Å². The second-order valence-corrected chi connectivity index (χ2v) is 11.3. The van der Waals surface area contributed by atoms with E-state index in [2.05, 4.69) is 149 Å². The van der Waals surface area contributed by atoms with Crippen LogP contribution in [0.3, 0.4) is 0 Å². The first-order valence-electron chi connectivity index (χ1n) is 14.7. The minimum absolute atomic E-state index is 0.915. The first kappa shape index (κ1) is 22.8. The molecule has 0 spiro atoms. The quantitative estimate of drug-likeness (QED) is 0.211. The molecular formula is C40H24N2O. The van der Waals surface area contributed by atoms with Crippen molar-refractivity contribution in [3.05, 3.63) is 146 Å². The molecule has 7 aromatic carbocycles. The molecule has 0 bridgehead atoms. The first-order chi connectivity index (χ1) is 21.4. The van der Waals surface area contributed by atoms with E-state index < -0.39 is 0 Å². The summed E-state index contributed by atoms with van der Waals surface area (Å²) in [5, 5.41) is 9.55. The number of fused-ring (bicyclic) bond motifs is 12. The summed E-state index contributed by atoms with van der Waals surface area (Å²) < 4.78 is 11.5. The van der Waals surface area contributed by atoms with Crippen LogP contribution in [0.4, 0.5) is 0 Å². The third-order valence-electron chi connectivity index (χ3n) is 9.09. The van der Waals surface area contributed by atoms with Crippen molar-refractivity contribution in [3.63, 3.8) is 0 Å². The smallest absolute Gasteiger partial charge is 0.145 e. The molecule has 0 amide bonds. The van der Waals surface area contributed by atoms with Gasteiger partial charge in [0, 0.05) is 38.0 Å². The van der Waals surface area contributed by atoms with Gasteiger partial charge >= 0.3 is 0 Å². The Balaban J connectivity index is 1.50. The number of hydrogen-bond acceptors (Lipinski definition) is 1. The summed E-state index contributed by atoms with van der Waals surface area (Å²) in [7, 11) is 0. The molecule has 3 heterocycles. The van der Waals surface area contributed by atoms with Crippen molar-refractivity contribution in [1.29, 1.82) is 0 Å². The molecule has 0 saturated heterocycles. The second-order valence-electron chi connectivity index (χ2n) is 11.3. The Bertz CT molecular complexity index is 2720. The highest BCUT2D eigenvalue weighted by molar-refractivity contribution is 6.31. The lowest BCUT2D eigenvalue weighted by Gasteiger charge is -2.12. The summed E-state index contributed by atoms with van der Waals surface area (Å²) in [5.41, 5.74) is 8.89. The maximum Gasteiger partial charge on any atom is 0.145 e. The molecule has 0 N–H and O–H groups in total. The van der Waals surface area contributed by atoms with Crippen molar-refractivity contribution >= 4 is 76.3 Å². The molecule has 3 heteroatoms. The summed E-state index contributed by atoms with van der Waals surface area (Å²) in [6, 6.07) is 52.2. The van der Waals surface area contributed by atoms with Gasteiger partial charge in [0.25, 0.3) is 0 Å². The zero-order valence-electron chi connectivity index (χ0n) is 23.2. The molecule has 0 aliphatic heterocycles. The van der Waals surface area contributed by atoms with Gasteiger partial charge in [-0.05, 0) is 60.0 Å². The molecule has 0 fully saturated rings. The largest absolute Gasteiger partial charge is 0.455 e. The number of para-hydroxylation sites is 3. The van der Waals surface area contributed by atoms with Crippen molar-refractivity contribution < 1.29 is 4.42 Å². The van der Waals surface area contributed by atoms with Crippen LogP contribution in [0.15, 0.2) is 150 Å². The molecule has 0 aliphatic carbocycles. The summed E-state index contributed by atoms with van der Waals surface area (Å²) in [6.07, 6.45) is 0. The SMILES string of the molecule is c1ccc(-n2c3ccccc3c3c2ccc2c4c5oc6ccccc6c5ccc4n(-c4cccc5ccccc45)c23)cc1. The van der Waals surface area contributed by atoms with Crippen LogP contribution >= 0.6 is 0 Å². The zero-order chi connectivity index (χ0) is 28.1. The van der Waals surface area contributed by atoms with E-state index >= 15 is 0 Å². The van der Waals surface area contributed by atoms with Gasteiger partial charge < -0.3 is 13.6 Å². The normalized spacial score (nSPS) is 12.2. The zero-order valence-corrected chi connectivity index (χ0v) is 23.2. The fourth-order valence-electron chi connectivity index (χ4n) is 7.33. The maximum absolute atomic E-state index is 6.67. The van der Waals surface area contributed by atoms with Crippen LogP contribution in [0.5, 0.6) is 0 Å². The van der Waals surface area contributed by atoms with Crippen LogP contribution < -0.4 is 0 Å². The van der Waals surface area contributed by atoms with Crippen molar-refractivity contribution in [2.75, 3.05) is 0 Å². The monoisotopic (exact) mass is 548 g/mol. The highest BCUT2D eigenvalue weighted by atomic mass is 16.3. The molecule has 3 nitrogen and oxygen atoms in total. The van der Waals surface area contributed by atoms with Gasteiger partial charge in [-0.3, -0.25) is 0 Å². The van der Waals surface area contributed by atoms with Crippen molar-refractivity contribution in [2.45, 2.75) is 0 Å². The first-order valence-corrected chi connectivity index (χ1v) is 14.7. The van der Waals surface area contributed by atoms with Gasteiger partial charge in [-0.1, -0.05) is 91.0 Å². The van der Waals surface area contributed by atoms with Gasteiger partial charge in [-0.15, -0.1) is 0 Å². The van der Waals surface area contributed by atoms with Crippen molar-refractivity contribution in [1.82, 2.24) is 9.13 Å². The predicted octanol–water partition coefficient (Wildman–Crippen LogP) is 10.9. The van der Waals surface area contributed by atoms with Gasteiger partial charge in [0.05, 0.1) is 33.1 Å². The number of nitrogens with zero attached hydrogens (tertiary/aromatic N) is 2. The van der Waals surface area contributed by atoms with Crippen LogP contribution in [0.25, 0.3) is 87.7 Å². The Hall–Kier alpha value is -5.80. The minimum Gasteiger partial charge on any atom is -0.455 e. The molecule has 200 valence electrons. The molecule has 10 aromatic rings. The average molecular weight is 549 g/mol. The van der Waals surface area contributed by atoms with E-state index in [-0.39, 0.29) is 0 Å². The Kier molecular flexibility index (Phi) is 4.45. The summed E-state index contributed by atoms with van der Waals surface area (Å²) >= 11 is 0. The van der Waals surface area contributed by atoms with Gasteiger partial charge in [0.1, 0.15) is 11.2 Å². The Labute approximate surface area is 246 Å². The van der Waals surface area contributed by atoms with Gasteiger partial charge in [-0.25, -0.2) is 0 Å². The highest BCUT2D eigenvalue weighted by Crippen LogP contribution is 2.46. The molecule has 3 aromatic heterocycles. The molecule has 0 aliphatic rings. The maximum atomic E-state index is 6.67. The predicted molar refractivity (Wildman–Crippen MR) is 180 cm³/mol. The van der Waals surface area contributed by atoms with Crippen molar-refractivity contribution in [2.24, 2.45) is 0 Å². The fourth-order valence-corrected chi connectivity index (χ4v) is 7.33. The Morgan fingerprint density at radius 2 is 1.07 bits per heavy atom. The molecular weight excluding hydrogens is 524 g/mol. The number of rotatable bonds is 2. The van der Waals surface area contributed by atoms with E-state index in [4.69, 9.17) is 4.42 Å². The molecule has 0 unspecified atom stereocenters. The number of aromatic nitrogens is 2. The third-order valence-corrected chi connectivity index (χ3v) is 9.09. The number of hydrogen-bond donors (Lipinski definition) is 0. The minimum atomic E-state index is 0.915. The van der Waals surface area contributed by atoms with Crippen LogP contribution in [-0.2, 0) is 0 Å². The van der Waals surface area contributed by atoms with E-state index in [0.29, 0.717) is 0 Å². The molecule has 0 atom stereocenters. The van der Waals surface area contributed by atoms with E-state index in [1.165, 1.54) is 43.5 Å². The lowest BCUT2D eigenvalue weighted by atomic mass is 10.1. The number of benzene rings is 7. The van der Waals surface area contributed by atoms with Gasteiger partial charge in [-0.2, -0.15) is 0 Å².